The number of hydrogen-bond donors (Lipinski definition) is 1. The Labute approximate surface area is 132 Å². The van der Waals surface area contributed by atoms with Gasteiger partial charge in [0.25, 0.3) is 10.1 Å². The molecule has 0 aliphatic carbocycles. The van der Waals surface area contributed by atoms with Crippen LogP contribution in [0.3, 0.4) is 0 Å². The molecule has 0 saturated carbocycles. The predicted molar refractivity (Wildman–Crippen MR) is 90.3 cm³/mol. The molecule has 0 aromatic rings. The smallest absolute Gasteiger partial charge is 0.261 e. The standard InChI is InChI=1S/C15H31N.CH4O3S/c1-3-5-7-8-12-16-13-9-11-15(14-16)10-6-4-2;1-5(2,3)4/h15H,3-14H2,1-2H3;1H3,(H,2,3,4). The van der Waals surface area contributed by atoms with E-state index < -0.39 is 10.1 Å². The average molecular weight is 322 g/mol. The number of piperidine rings is 1. The van der Waals surface area contributed by atoms with Crippen molar-refractivity contribution < 1.29 is 13.0 Å². The molecule has 128 valence electrons. The molecule has 1 rings (SSSR count). The van der Waals surface area contributed by atoms with E-state index in [1.807, 2.05) is 0 Å². The highest BCUT2D eigenvalue weighted by Crippen LogP contribution is 2.21. The zero-order chi connectivity index (χ0) is 16.1. The van der Waals surface area contributed by atoms with Gasteiger partial charge in [0.15, 0.2) is 0 Å². The van der Waals surface area contributed by atoms with Crippen LogP contribution in [0.15, 0.2) is 0 Å². The Morgan fingerprint density at radius 1 is 1.10 bits per heavy atom. The molecule has 21 heavy (non-hydrogen) atoms. The third-order valence-corrected chi connectivity index (χ3v) is 3.90. The molecule has 0 spiro atoms. The van der Waals surface area contributed by atoms with E-state index in [1.54, 1.807) is 0 Å². The van der Waals surface area contributed by atoms with Crippen molar-refractivity contribution in [2.45, 2.75) is 71.6 Å². The first kappa shape index (κ1) is 20.9. The minimum atomic E-state index is -3.67. The third-order valence-electron chi connectivity index (χ3n) is 3.90. The summed E-state index contributed by atoms with van der Waals surface area (Å²) in [7, 11) is -3.67. The zero-order valence-corrected chi connectivity index (χ0v) is 15.0. The van der Waals surface area contributed by atoms with Gasteiger partial charge in [0.2, 0.25) is 0 Å². The molecule has 1 heterocycles. The molecule has 0 radical (unpaired) electrons. The summed E-state index contributed by atoms with van der Waals surface area (Å²) in [5.74, 6) is 1.01. The van der Waals surface area contributed by atoms with Crippen LogP contribution < -0.4 is 0 Å². The van der Waals surface area contributed by atoms with Crippen molar-refractivity contribution in [3.8, 4) is 0 Å². The summed E-state index contributed by atoms with van der Waals surface area (Å²) in [6, 6.07) is 0. The summed E-state index contributed by atoms with van der Waals surface area (Å²) >= 11 is 0. The molecule has 0 aromatic heterocycles. The molecule has 1 fully saturated rings. The van der Waals surface area contributed by atoms with E-state index in [4.69, 9.17) is 4.55 Å². The lowest BCUT2D eigenvalue weighted by molar-refractivity contribution is 0.164. The summed E-state index contributed by atoms with van der Waals surface area (Å²) in [4.78, 5) is 2.72. The van der Waals surface area contributed by atoms with Crippen LogP contribution in [0.25, 0.3) is 0 Å². The maximum Gasteiger partial charge on any atom is 0.261 e. The first-order valence-corrected chi connectivity index (χ1v) is 10.4. The predicted octanol–water partition coefficient (Wildman–Crippen LogP) is 3.97. The fourth-order valence-electron chi connectivity index (χ4n) is 2.84. The van der Waals surface area contributed by atoms with Crippen LogP contribution in [-0.4, -0.2) is 43.8 Å². The fraction of sp³-hybridized carbons (Fsp3) is 1.00. The molecule has 0 bridgehead atoms. The van der Waals surface area contributed by atoms with Gasteiger partial charge in [0.1, 0.15) is 0 Å². The number of nitrogens with zero attached hydrogens (tertiary/aromatic N) is 1. The molecule has 1 saturated heterocycles. The Balaban J connectivity index is 0.000000690. The fourth-order valence-corrected chi connectivity index (χ4v) is 2.84. The Morgan fingerprint density at radius 2 is 1.71 bits per heavy atom. The lowest BCUT2D eigenvalue weighted by Gasteiger charge is -2.32. The largest absolute Gasteiger partial charge is 0.303 e. The first-order valence-electron chi connectivity index (χ1n) is 8.51. The van der Waals surface area contributed by atoms with Crippen LogP contribution in [0.4, 0.5) is 0 Å². The molecule has 4 nitrogen and oxygen atoms in total. The number of rotatable bonds is 8. The van der Waals surface area contributed by atoms with Gasteiger partial charge in [-0.25, -0.2) is 0 Å². The van der Waals surface area contributed by atoms with E-state index in [0.717, 1.165) is 5.92 Å². The van der Waals surface area contributed by atoms with E-state index >= 15 is 0 Å². The van der Waals surface area contributed by atoms with Crippen molar-refractivity contribution in [2.75, 3.05) is 25.9 Å². The summed E-state index contributed by atoms with van der Waals surface area (Å²) in [5.41, 5.74) is 0. The molecule has 5 heteroatoms. The van der Waals surface area contributed by atoms with E-state index in [-0.39, 0.29) is 0 Å². The van der Waals surface area contributed by atoms with E-state index in [1.165, 1.54) is 77.4 Å². The maximum absolute atomic E-state index is 9.19. The Morgan fingerprint density at radius 3 is 2.29 bits per heavy atom. The van der Waals surface area contributed by atoms with Crippen molar-refractivity contribution in [3.63, 3.8) is 0 Å². The molecule has 1 aliphatic rings. The summed E-state index contributed by atoms with van der Waals surface area (Å²) in [5, 5.41) is 0. The van der Waals surface area contributed by atoms with Crippen molar-refractivity contribution >= 4 is 10.1 Å². The van der Waals surface area contributed by atoms with Crippen LogP contribution in [0.2, 0.25) is 0 Å². The Kier molecular flexibility index (Phi) is 12.3. The van der Waals surface area contributed by atoms with Crippen molar-refractivity contribution in [1.29, 1.82) is 0 Å². The van der Waals surface area contributed by atoms with Crippen molar-refractivity contribution in [2.24, 2.45) is 5.92 Å². The SMILES string of the molecule is CCCCCCN1CCCC(CCCC)C1.CS(=O)(=O)O. The van der Waals surface area contributed by atoms with E-state index in [0.29, 0.717) is 6.26 Å². The van der Waals surface area contributed by atoms with Crippen LogP contribution in [0.5, 0.6) is 0 Å². The van der Waals surface area contributed by atoms with Gasteiger partial charge in [-0.05, 0) is 44.7 Å². The van der Waals surface area contributed by atoms with Crippen LogP contribution in [-0.2, 0) is 10.1 Å². The zero-order valence-electron chi connectivity index (χ0n) is 14.2. The van der Waals surface area contributed by atoms with Crippen molar-refractivity contribution in [1.82, 2.24) is 4.90 Å². The molecule has 1 atom stereocenters. The monoisotopic (exact) mass is 321 g/mol. The van der Waals surface area contributed by atoms with E-state index in [2.05, 4.69) is 18.7 Å². The maximum atomic E-state index is 9.19. The second kappa shape index (κ2) is 12.4. The number of hydrogen-bond acceptors (Lipinski definition) is 3. The minimum absolute atomic E-state index is 0.715. The molecular formula is C16H35NO3S. The molecule has 1 aliphatic heterocycles. The molecule has 1 N–H and O–H groups in total. The lowest BCUT2D eigenvalue weighted by atomic mass is 9.93. The average Bonchev–Trinajstić information content (AvgIpc) is 2.40. The topological polar surface area (TPSA) is 57.6 Å². The van der Waals surface area contributed by atoms with Crippen molar-refractivity contribution in [3.05, 3.63) is 0 Å². The number of unbranched alkanes of at least 4 members (excludes halogenated alkanes) is 4. The molecular weight excluding hydrogens is 286 g/mol. The van der Waals surface area contributed by atoms with Crippen LogP contribution >= 0.6 is 0 Å². The van der Waals surface area contributed by atoms with Gasteiger partial charge in [0.05, 0.1) is 6.26 Å². The van der Waals surface area contributed by atoms with Crippen LogP contribution in [0, 0.1) is 5.92 Å². The highest BCUT2D eigenvalue weighted by molar-refractivity contribution is 7.85. The quantitative estimate of drug-likeness (QED) is 0.543. The van der Waals surface area contributed by atoms with Gasteiger partial charge < -0.3 is 4.90 Å². The normalized spacial score (nSPS) is 19.9. The second-order valence-electron chi connectivity index (χ2n) is 6.24. The molecule has 0 amide bonds. The van der Waals surface area contributed by atoms with Gasteiger partial charge in [-0.1, -0.05) is 46.0 Å². The Hall–Kier alpha value is -0.130. The minimum Gasteiger partial charge on any atom is -0.303 e. The third kappa shape index (κ3) is 16.1. The van der Waals surface area contributed by atoms with Gasteiger partial charge in [-0.3, -0.25) is 4.55 Å². The van der Waals surface area contributed by atoms with Gasteiger partial charge in [-0.15, -0.1) is 0 Å². The summed E-state index contributed by atoms with van der Waals surface area (Å²) < 4.78 is 25.9. The summed E-state index contributed by atoms with van der Waals surface area (Å²) in [6.07, 6.45) is 13.6. The molecule has 1 unspecified atom stereocenters. The summed E-state index contributed by atoms with van der Waals surface area (Å²) in [6.45, 7) is 8.73. The first-order chi connectivity index (χ1) is 9.86. The van der Waals surface area contributed by atoms with E-state index in [9.17, 15) is 8.42 Å². The second-order valence-corrected chi connectivity index (χ2v) is 7.71. The lowest BCUT2D eigenvalue weighted by Crippen LogP contribution is -2.36. The van der Waals surface area contributed by atoms with Crippen LogP contribution in [0.1, 0.15) is 71.6 Å². The highest BCUT2D eigenvalue weighted by atomic mass is 32.2. The Bertz CT molecular complexity index is 322. The highest BCUT2D eigenvalue weighted by Gasteiger charge is 2.18. The van der Waals surface area contributed by atoms with Gasteiger partial charge in [-0.2, -0.15) is 8.42 Å². The molecule has 0 aromatic carbocycles. The number of likely N-dealkylation sites (tertiary alicyclic amines) is 1. The van der Waals surface area contributed by atoms with Gasteiger partial charge >= 0.3 is 0 Å². The van der Waals surface area contributed by atoms with Gasteiger partial charge in [0, 0.05) is 6.54 Å².